The number of carbonyl (C=O) groups is 2. The zero-order valence-corrected chi connectivity index (χ0v) is 20.3. The lowest BCUT2D eigenvalue weighted by Gasteiger charge is -2.18. The first-order chi connectivity index (χ1) is 16.4. The Bertz CT molecular complexity index is 1310. The fourth-order valence-electron chi connectivity index (χ4n) is 3.49. The maximum Gasteiger partial charge on any atom is 0.340 e. The van der Waals surface area contributed by atoms with Crippen LogP contribution in [0.2, 0.25) is 0 Å². The number of benzene rings is 1. The fourth-order valence-corrected chi connectivity index (χ4v) is 4.36. The Morgan fingerprint density at radius 3 is 2.47 bits per heavy atom. The van der Waals surface area contributed by atoms with Gasteiger partial charge in [0.1, 0.15) is 6.61 Å². The zero-order chi connectivity index (χ0) is 24.2. The molecule has 174 valence electrons. The van der Waals surface area contributed by atoms with Crippen LogP contribution in [-0.4, -0.2) is 31.6 Å². The van der Waals surface area contributed by atoms with E-state index in [4.69, 9.17) is 4.74 Å². The van der Waals surface area contributed by atoms with Crippen molar-refractivity contribution in [3.05, 3.63) is 82.3 Å². The number of amides is 1. The molecule has 0 saturated carbocycles. The van der Waals surface area contributed by atoms with Gasteiger partial charge in [-0.2, -0.15) is 5.10 Å². The molecule has 34 heavy (non-hydrogen) atoms. The minimum Gasteiger partial charge on any atom is -0.456 e. The molecule has 0 N–H and O–H groups in total. The van der Waals surface area contributed by atoms with Crippen LogP contribution in [0.5, 0.6) is 0 Å². The van der Waals surface area contributed by atoms with Gasteiger partial charge >= 0.3 is 5.97 Å². The highest BCUT2D eigenvalue weighted by Crippen LogP contribution is 2.29. The molecule has 4 aromatic rings. The quantitative estimate of drug-likeness (QED) is 0.352. The second-order valence-corrected chi connectivity index (χ2v) is 8.65. The fraction of sp³-hybridized carbons (Fsp3) is 0.240. The predicted octanol–water partition coefficient (Wildman–Crippen LogP) is 4.94. The van der Waals surface area contributed by atoms with Gasteiger partial charge in [0.05, 0.1) is 22.6 Å². The first-order valence-electron chi connectivity index (χ1n) is 10.9. The zero-order valence-electron chi connectivity index (χ0n) is 19.5. The van der Waals surface area contributed by atoms with Crippen LogP contribution in [0.3, 0.4) is 0 Å². The van der Waals surface area contributed by atoms with Gasteiger partial charge in [0.15, 0.2) is 10.9 Å². The number of aromatic nitrogens is 4. The molecule has 0 fully saturated rings. The number of aryl methyl sites for hydroxylation is 3. The summed E-state index contributed by atoms with van der Waals surface area (Å²) in [5.41, 5.74) is 4.69. The number of pyridine rings is 1. The molecular weight excluding hydrogens is 450 g/mol. The van der Waals surface area contributed by atoms with Gasteiger partial charge in [-0.3, -0.25) is 9.69 Å². The molecule has 0 spiro atoms. The second-order valence-electron chi connectivity index (χ2n) is 7.82. The smallest absolute Gasteiger partial charge is 0.340 e. The third-order valence-electron chi connectivity index (χ3n) is 5.21. The SMILES string of the molecule is CCc1ccc(N(C(C)=O)c2nc(COC(=O)c3ccc(-n4nc(C)cc4C)nc3)cs2)cc1. The van der Waals surface area contributed by atoms with Gasteiger partial charge in [-0.1, -0.05) is 19.1 Å². The number of hydrogen-bond donors (Lipinski definition) is 0. The summed E-state index contributed by atoms with van der Waals surface area (Å²) in [6.07, 6.45) is 2.39. The number of thiazole rings is 1. The lowest BCUT2D eigenvalue weighted by atomic mass is 10.1. The van der Waals surface area contributed by atoms with Crippen LogP contribution in [0.15, 0.2) is 54.0 Å². The van der Waals surface area contributed by atoms with E-state index >= 15 is 0 Å². The normalized spacial score (nSPS) is 10.8. The Morgan fingerprint density at radius 1 is 1.12 bits per heavy atom. The standard InChI is InChI=1S/C25H25N5O3S/c1-5-19-6-9-22(10-7-19)29(18(4)31)25-27-21(15-34-25)14-33-24(32)20-8-11-23(26-13-20)30-17(3)12-16(2)28-30/h6-13,15H,5,14H2,1-4H3. The molecule has 0 atom stereocenters. The van der Waals surface area contributed by atoms with Gasteiger partial charge in [0.25, 0.3) is 0 Å². The topological polar surface area (TPSA) is 90.2 Å². The van der Waals surface area contributed by atoms with E-state index in [0.717, 1.165) is 23.5 Å². The molecule has 0 saturated heterocycles. The highest BCUT2D eigenvalue weighted by molar-refractivity contribution is 7.14. The Labute approximate surface area is 201 Å². The van der Waals surface area contributed by atoms with Crippen molar-refractivity contribution in [3.8, 4) is 5.82 Å². The summed E-state index contributed by atoms with van der Waals surface area (Å²) < 4.78 is 7.14. The molecule has 4 rings (SSSR count). The van der Waals surface area contributed by atoms with E-state index in [-0.39, 0.29) is 12.5 Å². The Kier molecular flexibility index (Phi) is 6.83. The third-order valence-corrected chi connectivity index (χ3v) is 6.08. The third kappa shape index (κ3) is 5.04. The molecule has 1 aromatic carbocycles. The Hall–Kier alpha value is -3.85. The van der Waals surface area contributed by atoms with Crippen LogP contribution >= 0.6 is 11.3 Å². The van der Waals surface area contributed by atoms with Crippen LogP contribution in [-0.2, 0) is 22.6 Å². The van der Waals surface area contributed by atoms with Crippen LogP contribution in [0.4, 0.5) is 10.8 Å². The molecule has 1 amide bonds. The molecule has 3 aromatic heterocycles. The Morgan fingerprint density at radius 2 is 1.88 bits per heavy atom. The molecule has 8 nitrogen and oxygen atoms in total. The van der Waals surface area contributed by atoms with Crippen molar-refractivity contribution in [2.24, 2.45) is 0 Å². The van der Waals surface area contributed by atoms with Gasteiger partial charge < -0.3 is 4.74 Å². The van der Waals surface area contributed by atoms with Crippen molar-refractivity contribution >= 4 is 34.0 Å². The summed E-state index contributed by atoms with van der Waals surface area (Å²) >= 11 is 1.32. The average Bonchev–Trinajstić information content (AvgIpc) is 3.43. The summed E-state index contributed by atoms with van der Waals surface area (Å²) in [5, 5.41) is 6.70. The average molecular weight is 476 g/mol. The van der Waals surface area contributed by atoms with E-state index in [1.165, 1.54) is 30.0 Å². The van der Waals surface area contributed by atoms with Gasteiger partial charge in [-0.15, -0.1) is 11.3 Å². The summed E-state index contributed by atoms with van der Waals surface area (Å²) in [6.45, 7) is 7.43. The molecule has 0 aliphatic carbocycles. The number of esters is 1. The second kappa shape index (κ2) is 9.96. The molecular formula is C25H25N5O3S. The summed E-state index contributed by atoms with van der Waals surface area (Å²) in [5.74, 6) is -0.0148. The number of rotatable bonds is 7. The number of anilines is 2. The lowest BCUT2D eigenvalue weighted by molar-refractivity contribution is -0.115. The molecule has 0 aliphatic rings. The van der Waals surface area contributed by atoms with E-state index in [1.807, 2.05) is 44.2 Å². The minimum atomic E-state index is -0.499. The van der Waals surface area contributed by atoms with Gasteiger partial charge in [0.2, 0.25) is 5.91 Å². The van der Waals surface area contributed by atoms with E-state index in [0.29, 0.717) is 22.2 Å². The summed E-state index contributed by atoms with van der Waals surface area (Å²) in [6, 6.07) is 13.1. The van der Waals surface area contributed by atoms with E-state index in [9.17, 15) is 9.59 Å². The van der Waals surface area contributed by atoms with E-state index in [1.54, 1.807) is 27.1 Å². The first-order valence-corrected chi connectivity index (χ1v) is 11.7. The lowest BCUT2D eigenvalue weighted by Crippen LogP contribution is -2.22. The summed E-state index contributed by atoms with van der Waals surface area (Å²) in [7, 11) is 0. The van der Waals surface area contributed by atoms with E-state index in [2.05, 4.69) is 22.0 Å². The highest BCUT2D eigenvalue weighted by Gasteiger charge is 2.19. The van der Waals surface area contributed by atoms with Crippen molar-refractivity contribution < 1.29 is 14.3 Å². The van der Waals surface area contributed by atoms with Crippen LogP contribution in [0.25, 0.3) is 5.82 Å². The molecule has 0 bridgehead atoms. The summed E-state index contributed by atoms with van der Waals surface area (Å²) in [4.78, 5) is 35.2. The molecule has 0 unspecified atom stereocenters. The molecule has 0 aliphatic heterocycles. The van der Waals surface area contributed by atoms with Crippen LogP contribution < -0.4 is 4.90 Å². The van der Waals surface area contributed by atoms with Gasteiger partial charge in [-0.05, 0) is 56.2 Å². The largest absolute Gasteiger partial charge is 0.456 e. The van der Waals surface area contributed by atoms with Crippen molar-refractivity contribution in [2.75, 3.05) is 4.90 Å². The van der Waals surface area contributed by atoms with Crippen molar-refractivity contribution in [3.63, 3.8) is 0 Å². The van der Waals surface area contributed by atoms with Crippen LogP contribution in [0.1, 0.15) is 46.9 Å². The van der Waals surface area contributed by atoms with Crippen molar-refractivity contribution in [1.82, 2.24) is 19.7 Å². The number of ether oxygens (including phenoxy) is 1. The van der Waals surface area contributed by atoms with E-state index < -0.39 is 5.97 Å². The molecule has 9 heteroatoms. The van der Waals surface area contributed by atoms with Crippen molar-refractivity contribution in [1.29, 1.82) is 0 Å². The maximum atomic E-state index is 12.5. The van der Waals surface area contributed by atoms with Crippen LogP contribution in [0, 0.1) is 13.8 Å². The number of hydrogen-bond acceptors (Lipinski definition) is 7. The number of nitrogens with zero attached hydrogens (tertiary/aromatic N) is 5. The minimum absolute atomic E-state index is 0.00490. The van der Waals surface area contributed by atoms with Gasteiger partial charge in [0, 0.05) is 24.2 Å². The Balaban J connectivity index is 1.42. The maximum absolute atomic E-state index is 12.5. The monoisotopic (exact) mass is 475 g/mol. The number of carbonyl (C=O) groups excluding carboxylic acids is 2. The predicted molar refractivity (Wildman–Crippen MR) is 131 cm³/mol. The molecule has 0 radical (unpaired) electrons. The highest BCUT2D eigenvalue weighted by atomic mass is 32.1. The van der Waals surface area contributed by atoms with Crippen molar-refractivity contribution in [2.45, 2.75) is 40.7 Å². The molecule has 3 heterocycles. The van der Waals surface area contributed by atoms with Gasteiger partial charge in [-0.25, -0.2) is 19.4 Å². The first kappa shape index (κ1) is 23.3.